The van der Waals surface area contributed by atoms with E-state index < -0.39 is 0 Å². The number of nitrogens with one attached hydrogen (secondary N) is 1. The number of aromatic nitrogens is 2. The lowest BCUT2D eigenvalue weighted by atomic mass is 10.1. The van der Waals surface area contributed by atoms with E-state index in [9.17, 15) is 4.79 Å². The third-order valence-corrected chi connectivity index (χ3v) is 4.75. The van der Waals surface area contributed by atoms with Gasteiger partial charge in [0.15, 0.2) is 0 Å². The van der Waals surface area contributed by atoms with E-state index in [4.69, 9.17) is 5.26 Å². The maximum atomic E-state index is 11.9. The van der Waals surface area contributed by atoms with Gasteiger partial charge in [-0.05, 0) is 42.3 Å². The van der Waals surface area contributed by atoms with E-state index in [2.05, 4.69) is 21.4 Å². The fourth-order valence-corrected chi connectivity index (χ4v) is 3.32. The number of thiazole rings is 1. The van der Waals surface area contributed by atoms with E-state index in [1.165, 1.54) is 6.08 Å². The Bertz CT molecular complexity index is 973. The van der Waals surface area contributed by atoms with Crippen molar-refractivity contribution < 1.29 is 4.79 Å². The van der Waals surface area contributed by atoms with Crippen LogP contribution in [0.4, 0.5) is 0 Å². The van der Waals surface area contributed by atoms with Crippen molar-refractivity contribution in [1.82, 2.24) is 15.3 Å². The highest BCUT2D eigenvalue weighted by molar-refractivity contribution is 7.09. The molecule has 2 aromatic heterocycles. The van der Waals surface area contributed by atoms with Crippen LogP contribution in [0.25, 0.3) is 17.3 Å². The Morgan fingerprint density at radius 2 is 2.11 bits per heavy atom. The van der Waals surface area contributed by atoms with E-state index in [1.54, 1.807) is 48.0 Å². The fraction of sp³-hybridized carbons (Fsp3) is 0.143. The number of benzene rings is 1. The van der Waals surface area contributed by atoms with Crippen LogP contribution in [-0.4, -0.2) is 22.4 Å². The maximum Gasteiger partial charge on any atom is 0.243 e. The monoisotopic (exact) mass is 374 g/mol. The number of hydrogen-bond acceptors (Lipinski definition) is 5. The summed E-state index contributed by atoms with van der Waals surface area (Å²) in [6.45, 7) is 0.589. The predicted molar refractivity (Wildman–Crippen MR) is 107 cm³/mol. The molecule has 1 N–H and O–H groups in total. The molecule has 0 unspecified atom stereocenters. The number of amides is 1. The van der Waals surface area contributed by atoms with Crippen LogP contribution in [0.5, 0.6) is 0 Å². The van der Waals surface area contributed by atoms with Gasteiger partial charge >= 0.3 is 0 Å². The van der Waals surface area contributed by atoms with Gasteiger partial charge in [0.1, 0.15) is 0 Å². The lowest BCUT2D eigenvalue weighted by molar-refractivity contribution is -0.116. The quantitative estimate of drug-likeness (QED) is 0.503. The molecule has 6 heteroatoms. The van der Waals surface area contributed by atoms with Crippen molar-refractivity contribution in [2.45, 2.75) is 12.8 Å². The molecule has 134 valence electrons. The number of aryl methyl sites for hydroxylation is 1. The highest BCUT2D eigenvalue weighted by Crippen LogP contribution is 2.21. The lowest BCUT2D eigenvalue weighted by Gasteiger charge is -2.01. The van der Waals surface area contributed by atoms with Crippen LogP contribution in [0, 0.1) is 11.3 Å². The second-order valence-corrected chi connectivity index (χ2v) is 6.77. The second-order valence-electron chi connectivity index (χ2n) is 5.83. The van der Waals surface area contributed by atoms with E-state index >= 15 is 0 Å². The third kappa shape index (κ3) is 5.59. The summed E-state index contributed by atoms with van der Waals surface area (Å²) in [6, 6.07) is 13.1. The van der Waals surface area contributed by atoms with Gasteiger partial charge in [0.25, 0.3) is 0 Å². The molecule has 2 heterocycles. The van der Waals surface area contributed by atoms with Crippen LogP contribution in [0.2, 0.25) is 0 Å². The van der Waals surface area contributed by atoms with Crippen LogP contribution >= 0.6 is 11.3 Å². The Kier molecular flexibility index (Phi) is 6.45. The van der Waals surface area contributed by atoms with Gasteiger partial charge in [-0.1, -0.05) is 12.1 Å². The third-order valence-electron chi connectivity index (χ3n) is 3.84. The number of carbonyl (C=O) groups excluding carboxylic acids is 1. The number of rotatable bonds is 7. The number of hydrogen-bond donors (Lipinski definition) is 1. The molecule has 0 atom stereocenters. The molecule has 0 fully saturated rings. The van der Waals surface area contributed by atoms with Gasteiger partial charge in [0, 0.05) is 42.4 Å². The summed E-state index contributed by atoms with van der Waals surface area (Å²) in [5.74, 6) is -0.144. The average molecular weight is 374 g/mol. The largest absolute Gasteiger partial charge is 0.353 e. The van der Waals surface area contributed by atoms with Gasteiger partial charge in [0.05, 0.1) is 22.3 Å². The van der Waals surface area contributed by atoms with E-state index in [0.717, 1.165) is 34.7 Å². The molecule has 0 aliphatic heterocycles. The zero-order chi connectivity index (χ0) is 18.9. The second kappa shape index (κ2) is 9.41. The van der Waals surface area contributed by atoms with Gasteiger partial charge < -0.3 is 5.32 Å². The summed E-state index contributed by atoms with van der Waals surface area (Å²) in [5, 5.41) is 14.8. The van der Waals surface area contributed by atoms with Crippen molar-refractivity contribution in [3.63, 3.8) is 0 Å². The average Bonchev–Trinajstić information content (AvgIpc) is 3.19. The summed E-state index contributed by atoms with van der Waals surface area (Å²) >= 11 is 1.63. The Morgan fingerprint density at radius 3 is 2.93 bits per heavy atom. The lowest BCUT2D eigenvalue weighted by Crippen LogP contribution is -2.22. The standard InChI is InChI=1S/C21H18N4OS/c22-14-17-4-1-3-16(13-17)6-7-20(26)24-10-2-5-21-25-19(15-27-21)18-8-11-23-12-9-18/h1,3-4,6-9,11-13,15H,2,5,10H2,(H,24,26)/b7-6+. The fourth-order valence-electron chi connectivity index (χ4n) is 2.47. The normalized spacial score (nSPS) is 10.6. The first kappa shape index (κ1) is 18.5. The molecule has 3 rings (SSSR count). The molecule has 0 aliphatic carbocycles. The molecule has 0 spiro atoms. The summed E-state index contributed by atoms with van der Waals surface area (Å²) in [7, 11) is 0. The Morgan fingerprint density at radius 1 is 1.26 bits per heavy atom. The number of nitrogens with zero attached hydrogens (tertiary/aromatic N) is 3. The number of nitriles is 1. The van der Waals surface area contributed by atoms with Crippen LogP contribution in [0.15, 0.2) is 60.2 Å². The van der Waals surface area contributed by atoms with E-state index in [0.29, 0.717) is 12.1 Å². The topological polar surface area (TPSA) is 78.7 Å². The van der Waals surface area contributed by atoms with Crippen molar-refractivity contribution in [3.8, 4) is 17.3 Å². The van der Waals surface area contributed by atoms with Crippen LogP contribution in [0.1, 0.15) is 22.6 Å². The van der Waals surface area contributed by atoms with E-state index in [1.807, 2.05) is 23.6 Å². The van der Waals surface area contributed by atoms with Crippen molar-refractivity contribution in [2.24, 2.45) is 0 Å². The van der Waals surface area contributed by atoms with Crippen LogP contribution in [-0.2, 0) is 11.2 Å². The Balaban J connectivity index is 1.42. The smallest absolute Gasteiger partial charge is 0.243 e. The zero-order valence-corrected chi connectivity index (χ0v) is 15.4. The van der Waals surface area contributed by atoms with Crippen molar-refractivity contribution in [2.75, 3.05) is 6.54 Å². The molecular formula is C21H18N4OS. The first-order chi connectivity index (χ1) is 13.2. The molecule has 0 bridgehead atoms. The predicted octanol–water partition coefficient (Wildman–Crippen LogP) is 3.84. The molecule has 3 aromatic rings. The van der Waals surface area contributed by atoms with Gasteiger partial charge in [-0.25, -0.2) is 4.98 Å². The molecule has 1 aromatic carbocycles. The summed E-state index contributed by atoms with van der Waals surface area (Å²) < 4.78 is 0. The minimum absolute atomic E-state index is 0.144. The highest BCUT2D eigenvalue weighted by Gasteiger charge is 2.04. The van der Waals surface area contributed by atoms with Crippen LogP contribution < -0.4 is 5.32 Å². The molecule has 0 radical (unpaired) electrons. The summed E-state index contributed by atoms with van der Waals surface area (Å²) in [4.78, 5) is 20.5. The minimum Gasteiger partial charge on any atom is -0.353 e. The maximum absolute atomic E-state index is 11.9. The zero-order valence-electron chi connectivity index (χ0n) is 14.6. The SMILES string of the molecule is N#Cc1cccc(/C=C/C(=O)NCCCc2nc(-c3ccncc3)cs2)c1. The Hall–Kier alpha value is -3.30. The van der Waals surface area contributed by atoms with Crippen molar-refractivity contribution in [1.29, 1.82) is 5.26 Å². The van der Waals surface area contributed by atoms with Gasteiger partial charge in [0.2, 0.25) is 5.91 Å². The summed E-state index contributed by atoms with van der Waals surface area (Å²) in [5.41, 5.74) is 3.43. The first-order valence-electron chi connectivity index (χ1n) is 8.55. The van der Waals surface area contributed by atoms with Crippen molar-refractivity contribution >= 4 is 23.3 Å². The molecule has 27 heavy (non-hydrogen) atoms. The minimum atomic E-state index is -0.144. The van der Waals surface area contributed by atoms with Crippen molar-refractivity contribution in [3.05, 3.63) is 76.4 Å². The molecular weight excluding hydrogens is 356 g/mol. The molecule has 0 saturated heterocycles. The van der Waals surface area contributed by atoms with E-state index in [-0.39, 0.29) is 5.91 Å². The summed E-state index contributed by atoms with van der Waals surface area (Å²) in [6.07, 6.45) is 8.36. The number of carbonyl (C=O) groups is 1. The van der Waals surface area contributed by atoms with Gasteiger partial charge in [-0.3, -0.25) is 9.78 Å². The van der Waals surface area contributed by atoms with Crippen LogP contribution in [0.3, 0.4) is 0 Å². The van der Waals surface area contributed by atoms with Gasteiger partial charge in [-0.2, -0.15) is 5.26 Å². The molecule has 0 aliphatic rings. The van der Waals surface area contributed by atoms with Gasteiger partial charge in [-0.15, -0.1) is 11.3 Å². The molecule has 1 amide bonds. The molecule has 5 nitrogen and oxygen atoms in total. The first-order valence-corrected chi connectivity index (χ1v) is 9.43. The number of pyridine rings is 1. The molecule has 0 saturated carbocycles. The Labute approximate surface area is 162 Å². The highest BCUT2D eigenvalue weighted by atomic mass is 32.1.